The third-order valence-electron chi connectivity index (χ3n) is 3.60. The Hall–Kier alpha value is -1.94. The Kier molecular flexibility index (Phi) is 4.91. The zero-order valence-corrected chi connectivity index (χ0v) is 12.8. The Bertz CT molecular complexity index is 596. The van der Waals surface area contributed by atoms with E-state index in [9.17, 15) is 4.39 Å². The largest absolute Gasteiger partial charge is 0.366 e. The number of nitrogens with two attached hydrogens (primary N) is 1. The highest BCUT2D eigenvalue weighted by Crippen LogP contribution is 2.29. The molecule has 112 valence electrons. The molecule has 0 unspecified atom stereocenters. The molecular weight excluding hydrogens is 265 g/mol. The Balaban J connectivity index is 2.39. The average molecular weight is 287 g/mol. The normalized spacial score (nSPS) is 12.2. The van der Waals surface area contributed by atoms with E-state index in [0.717, 1.165) is 23.5 Å². The van der Waals surface area contributed by atoms with Gasteiger partial charge in [0.25, 0.3) is 0 Å². The van der Waals surface area contributed by atoms with Crippen molar-refractivity contribution in [2.24, 2.45) is 5.73 Å². The number of hydrogen-bond acceptors (Lipinski definition) is 3. The molecule has 1 aromatic heterocycles. The molecule has 1 aromatic carbocycles. The summed E-state index contributed by atoms with van der Waals surface area (Å²) < 4.78 is 13.8. The van der Waals surface area contributed by atoms with E-state index in [4.69, 9.17) is 5.73 Å². The molecule has 4 heteroatoms. The lowest BCUT2D eigenvalue weighted by Crippen LogP contribution is -2.25. The third kappa shape index (κ3) is 3.58. The summed E-state index contributed by atoms with van der Waals surface area (Å²) in [5, 5.41) is 0. The second-order valence-electron chi connectivity index (χ2n) is 5.28. The van der Waals surface area contributed by atoms with Crippen LogP contribution in [0.15, 0.2) is 36.5 Å². The minimum atomic E-state index is -0.215. The summed E-state index contributed by atoms with van der Waals surface area (Å²) in [4.78, 5) is 6.53. The fraction of sp³-hybridized carbons (Fsp3) is 0.353. The highest BCUT2D eigenvalue weighted by Gasteiger charge is 2.16. The Morgan fingerprint density at radius 3 is 2.67 bits per heavy atom. The topological polar surface area (TPSA) is 42.2 Å². The maximum absolute atomic E-state index is 13.8. The number of hydrogen-bond donors (Lipinski definition) is 1. The Morgan fingerprint density at radius 2 is 2.10 bits per heavy atom. The smallest absolute Gasteiger partial charge is 0.126 e. The number of halogens is 1. The van der Waals surface area contributed by atoms with Crippen LogP contribution in [-0.4, -0.2) is 11.5 Å². The van der Waals surface area contributed by atoms with Crippen molar-refractivity contribution < 1.29 is 4.39 Å². The van der Waals surface area contributed by atoms with Crippen molar-refractivity contribution in [3.8, 4) is 0 Å². The van der Waals surface area contributed by atoms with Gasteiger partial charge in [-0.15, -0.1) is 0 Å². The van der Waals surface area contributed by atoms with Crippen LogP contribution in [0.3, 0.4) is 0 Å². The van der Waals surface area contributed by atoms with E-state index in [1.807, 2.05) is 31.2 Å². The van der Waals surface area contributed by atoms with Crippen LogP contribution in [0.2, 0.25) is 0 Å². The van der Waals surface area contributed by atoms with Crippen LogP contribution in [-0.2, 0) is 6.54 Å². The zero-order chi connectivity index (χ0) is 15.4. The number of aromatic nitrogens is 1. The van der Waals surface area contributed by atoms with Gasteiger partial charge in [-0.3, -0.25) is 4.98 Å². The van der Waals surface area contributed by atoms with Crippen LogP contribution in [0.25, 0.3) is 0 Å². The van der Waals surface area contributed by atoms with Gasteiger partial charge in [-0.1, -0.05) is 6.07 Å². The van der Waals surface area contributed by atoms with E-state index >= 15 is 0 Å². The molecule has 0 aliphatic carbocycles. The molecule has 3 nitrogen and oxygen atoms in total. The van der Waals surface area contributed by atoms with Crippen LogP contribution < -0.4 is 10.6 Å². The summed E-state index contributed by atoms with van der Waals surface area (Å²) in [5.41, 5.74) is 9.44. The number of anilines is 1. The minimum absolute atomic E-state index is 0.208. The molecule has 0 saturated heterocycles. The van der Waals surface area contributed by atoms with Gasteiger partial charge in [0.2, 0.25) is 0 Å². The summed E-state index contributed by atoms with van der Waals surface area (Å²) in [6, 6.07) is 9.07. The van der Waals surface area contributed by atoms with Gasteiger partial charge in [-0.05, 0) is 56.2 Å². The summed E-state index contributed by atoms with van der Waals surface area (Å²) in [7, 11) is 0. The average Bonchev–Trinajstić information content (AvgIpc) is 2.48. The molecule has 0 amide bonds. The van der Waals surface area contributed by atoms with Gasteiger partial charge < -0.3 is 10.6 Å². The van der Waals surface area contributed by atoms with E-state index in [1.54, 1.807) is 19.2 Å². The van der Waals surface area contributed by atoms with Crippen molar-refractivity contribution in [2.75, 3.05) is 11.4 Å². The lowest BCUT2D eigenvalue weighted by Gasteiger charge is -2.27. The van der Waals surface area contributed by atoms with Crippen molar-refractivity contribution in [2.45, 2.75) is 33.4 Å². The first kappa shape index (κ1) is 15.4. The first-order valence-corrected chi connectivity index (χ1v) is 7.23. The van der Waals surface area contributed by atoms with E-state index in [-0.39, 0.29) is 11.9 Å². The lowest BCUT2D eigenvalue weighted by molar-refractivity contribution is 0.612. The molecule has 1 atom stereocenters. The highest BCUT2D eigenvalue weighted by molar-refractivity contribution is 5.57. The Morgan fingerprint density at radius 1 is 1.33 bits per heavy atom. The first-order chi connectivity index (χ1) is 10.0. The van der Waals surface area contributed by atoms with Crippen LogP contribution in [0.1, 0.15) is 36.7 Å². The molecule has 2 rings (SSSR count). The maximum atomic E-state index is 13.8. The monoisotopic (exact) mass is 287 g/mol. The molecule has 2 aromatic rings. The number of nitrogens with zero attached hydrogens (tertiary/aromatic N) is 2. The number of benzene rings is 1. The van der Waals surface area contributed by atoms with Crippen molar-refractivity contribution in [3.05, 3.63) is 59.2 Å². The number of aryl methyl sites for hydroxylation is 1. The zero-order valence-electron chi connectivity index (χ0n) is 12.8. The summed E-state index contributed by atoms with van der Waals surface area (Å²) >= 11 is 0. The predicted octanol–water partition coefficient (Wildman–Crippen LogP) is 3.58. The van der Waals surface area contributed by atoms with Crippen LogP contribution >= 0.6 is 0 Å². The molecule has 0 aliphatic rings. The first-order valence-electron chi connectivity index (χ1n) is 7.23. The maximum Gasteiger partial charge on any atom is 0.126 e. The molecule has 0 bridgehead atoms. The molecule has 2 N–H and O–H groups in total. The molecule has 0 fully saturated rings. The lowest BCUT2D eigenvalue weighted by atomic mass is 10.0. The standard InChI is InChI=1S/C17H22FN3/c1-4-21(11-14-7-5-6-8-20-14)17-9-12(2)16(18)10-15(17)13(3)19/h5-10,13H,4,11,19H2,1-3H3/t13-/m1/s1. The fourth-order valence-corrected chi connectivity index (χ4v) is 2.37. The number of pyridine rings is 1. The molecule has 21 heavy (non-hydrogen) atoms. The molecule has 0 saturated carbocycles. The molecular formula is C17H22FN3. The quantitative estimate of drug-likeness (QED) is 0.914. The van der Waals surface area contributed by atoms with Gasteiger partial charge in [0, 0.05) is 24.5 Å². The predicted molar refractivity (Wildman–Crippen MR) is 84.7 cm³/mol. The molecule has 0 radical (unpaired) electrons. The molecule has 0 spiro atoms. The summed E-state index contributed by atoms with van der Waals surface area (Å²) in [5.74, 6) is -0.208. The van der Waals surface area contributed by atoms with E-state index in [2.05, 4.69) is 16.8 Å². The SMILES string of the molecule is CCN(Cc1ccccn1)c1cc(C)c(F)cc1[C@@H](C)N. The van der Waals surface area contributed by atoms with E-state index in [0.29, 0.717) is 12.1 Å². The van der Waals surface area contributed by atoms with E-state index < -0.39 is 0 Å². The molecule has 1 heterocycles. The molecule has 0 aliphatic heterocycles. The van der Waals surface area contributed by atoms with Crippen LogP contribution in [0.5, 0.6) is 0 Å². The highest BCUT2D eigenvalue weighted by atomic mass is 19.1. The van der Waals surface area contributed by atoms with E-state index in [1.165, 1.54) is 0 Å². The van der Waals surface area contributed by atoms with Crippen molar-refractivity contribution in [3.63, 3.8) is 0 Å². The third-order valence-corrected chi connectivity index (χ3v) is 3.60. The van der Waals surface area contributed by atoms with Crippen LogP contribution in [0, 0.1) is 12.7 Å². The summed E-state index contributed by atoms with van der Waals surface area (Å²) in [6.45, 7) is 7.22. The fourth-order valence-electron chi connectivity index (χ4n) is 2.37. The van der Waals surface area contributed by atoms with Crippen molar-refractivity contribution >= 4 is 5.69 Å². The summed E-state index contributed by atoms with van der Waals surface area (Å²) in [6.07, 6.45) is 1.78. The van der Waals surface area contributed by atoms with Gasteiger partial charge in [-0.2, -0.15) is 0 Å². The van der Waals surface area contributed by atoms with Gasteiger partial charge in [0.1, 0.15) is 5.82 Å². The second-order valence-corrected chi connectivity index (χ2v) is 5.28. The van der Waals surface area contributed by atoms with Crippen molar-refractivity contribution in [1.29, 1.82) is 0 Å². The van der Waals surface area contributed by atoms with Gasteiger partial charge in [0.05, 0.1) is 12.2 Å². The van der Waals surface area contributed by atoms with Gasteiger partial charge in [0.15, 0.2) is 0 Å². The number of rotatable bonds is 5. The van der Waals surface area contributed by atoms with Crippen molar-refractivity contribution in [1.82, 2.24) is 4.98 Å². The van der Waals surface area contributed by atoms with Gasteiger partial charge in [-0.25, -0.2) is 4.39 Å². The van der Waals surface area contributed by atoms with Crippen LogP contribution in [0.4, 0.5) is 10.1 Å². The minimum Gasteiger partial charge on any atom is -0.366 e. The second kappa shape index (κ2) is 6.68. The Labute approximate surface area is 125 Å². The van der Waals surface area contributed by atoms with Gasteiger partial charge >= 0.3 is 0 Å².